The van der Waals surface area contributed by atoms with Crippen LogP contribution in [0.1, 0.15) is 64.0 Å². The van der Waals surface area contributed by atoms with Crippen LogP contribution in [0.3, 0.4) is 0 Å². The number of ether oxygens (including phenoxy) is 2. The Morgan fingerprint density at radius 1 is 0.878 bits per heavy atom. The van der Waals surface area contributed by atoms with E-state index in [0.29, 0.717) is 25.9 Å². The molecule has 1 aliphatic rings. The quantitative estimate of drug-likeness (QED) is 0.303. The van der Waals surface area contributed by atoms with Crippen LogP contribution in [-0.2, 0) is 32.3 Å². The van der Waals surface area contributed by atoms with Crippen LogP contribution in [0.4, 0.5) is 9.59 Å². The number of ketones is 1. The third-order valence-electron chi connectivity index (χ3n) is 7.09. The topological polar surface area (TPSA) is 114 Å². The SMILES string of the molecule is CC(C)C[C@H](NC(=O)OCc1ccccc1)C(=O)N1CC(C)C(=O)[C@@H]1CCCCCNC(=O)OCc1ccccc1. The first-order chi connectivity index (χ1) is 19.7. The minimum Gasteiger partial charge on any atom is -0.445 e. The number of nitrogens with zero attached hydrogens (tertiary/aromatic N) is 1. The van der Waals surface area contributed by atoms with Gasteiger partial charge in [0.15, 0.2) is 5.78 Å². The maximum absolute atomic E-state index is 13.6. The number of hydrogen-bond acceptors (Lipinski definition) is 6. The van der Waals surface area contributed by atoms with Crippen LogP contribution in [0.5, 0.6) is 0 Å². The molecule has 2 aromatic rings. The van der Waals surface area contributed by atoms with E-state index in [1.165, 1.54) is 0 Å². The average Bonchev–Trinajstić information content (AvgIpc) is 3.25. The maximum Gasteiger partial charge on any atom is 0.408 e. The van der Waals surface area contributed by atoms with Gasteiger partial charge in [0.2, 0.25) is 5.91 Å². The zero-order chi connectivity index (χ0) is 29.6. The summed E-state index contributed by atoms with van der Waals surface area (Å²) in [7, 11) is 0. The van der Waals surface area contributed by atoms with Crippen molar-refractivity contribution in [2.75, 3.05) is 13.1 Å². The zero-order valence-corrected chi connectivity index (χ0v) is 24.3. The molecule has 1 fully saturated rings. The summed E-state index contributed by atoms with van der Waals surface area (Å²) in [6, 6.07) is 17.5. The summed E-state index contributed by atoms with van der Waals surface area (Å²) in [6.07, 6.45) is 2.12. The van der Waals surface area contributed by atoms with E-state index in [9.17, 15) is 19.2 Å². The van der Waals surface area contributed by atoms with E-state index in [2.05, 4.69) is 10.6 Å². The molecule has 0 aliphatic carbocycles. The number of benzene rings is 2. The third-order valence-corrected chi connectivity index (χ3v) is 7.09. The van der Waals surface area contributed by atoms with Crippen LogP contribution in [0.2, 0.25) is 0 Å². The molecular weight excluding hydrogens is 522 g/mol. The van der Waals surface area contributed by atoms with Gasteiger partial charge in [-0.1, -0.05) is 94.3 Å². The Kier molecular flexibility index (Phi) is 12.7. The Hall–Kier alpha value is -3.88. The number of carbonyl (C=O) groups is 4. The molecule has 9 heteroatoms. The summed E-state index contributed by atoms with van der Waals surface area (Å²) in [4.78, 5) is 52.7. The van der Waals surface area contributed by atoms with Gasteiger partial charge in [-0.3, -0.25) is 9.59 Å². The van der Waals surface area contributed by atoms with Gasteiger partial charge in [0.1, 0.15) is 19.3 Å². The van der Waals surface area contributed by atoms with Crippen molar-refractivity contribution < 1.29 is 28.7 Å². The standard InChI is InChI=1S/C32H43N3O6/c1-23(2)19-27(34-32(39)41-22-26-15-9-5-10-16-26)30(37)35-20-24(3)29(36)28(35)17-11-6-12-18-33-31(38)40-21-25-13-7-4-8-14-25/h4-5,7-10,13-16,23-24,27-28H,6,11-12,17-22H2,1-3H3,(H,33,38)(H,34,39)/t24?,27-,28-/m0/s1. The summed E-state index contributed by atoms with van der Waals surface area (Å²) >= 11 is 0. The summed E-state index contributed by atoms with van der Waals surface area (Å²) in [5.41, 5.74) is 1.78. The van der Waals surface area contributed by atoms with Crippen molar-refractivity contribution >= 4 is 23.9 Å². The highest BCUT2D eigenvalue weighted by atomic mass is 16.6. The van der Waals surface area contributed by atoms with Crippen LogP contribution in [0.15, 0.2) is 60.7 Å². The second kappa shape index (κ2) is 16.4. The lowest BCUT2D eigenvalue weighted by atomic mass is 9.99. The Morgan fingerprint density at radius 3 is 2.05 bits per heavy atom. The zero-order valence-electron chi connectivity index (χ0n) is 24.3. The average molecular weight is 566 g/mol. The normalized spacial score (nSPS) is 17.3. The number of nitrogens with one attached hydrogen (secondary N) is 2. The van der Waals surface area contributed by atoms with Crippen molar-refractivity contribution in [3.05, 3.63) is 71.8 Å². The number of unbranched alkanes of at least 4 members (excludes halogenated alkanes) is 2. The highest BCUT2D eigenvalue weighted by molar-refractivity contribution is 5.96. The molecule has 1 unspecified atom stereocenters. The number of carbonyl (C=O) groups excluding carboxylic acids is 4. The molecule has 0 saturated carbocycles. The lowest BCUT2D eigenvalue weighted by Crippen LogP contribution is -2.51. The van der Waals surface area contributed by atoms with Crippen molar-refractivity contribution in [2.45, 2.75) is 78.2 Å². The van der Waals surface area contributed by atoms with Crippen LogP contribution in [-0.4, -0.2) is 54.0 Å². The maximum atomic E-state index is 13.6. The summed E-state index contributed by atoms with van der Waals surface area (Å²) in [5, 5.41) is 5.50. The second-order valence-corrected chi connectivity index (χ2v) is 11.0. The number of Topliss-reactive ketones (excluding diaryl/α,β-unsaturated/α-hetero) is 1. The smallest absolute Gasteiger partial charge is 0.408 e. The molecule has 1 saturated heterocycles. The van der Waals surface area contributed by atoms with E-state index in [0.717, 1.165) is 30.4 Å². The fraction of sp³-hybridized carbons (Fsp3) is 0.500. The lowest BCUT2D eigenvalue weighted by Gasteiger charge is -2.29. The van der Waals surface area contributed by atoms with E-state index in [1.54, 1.807) is 4.90 Å². The molecule has 3 rings (SSSR count). The molecule has 1 aliphatic heterocycles. The van der Waals surface area contributed by atoms with Crippen LogP contribution in [0, 0.1) is 11.8 Å². The number of hydrogen-bond donors (Lipinski definition) is 2. The van der Waals surface area contributed by atoms with Crippen LogP contribution >= 0.6 is 0 Å². The van der Waals surface area contributed by atoms with Gasteiger partial charge in [-0.05, 0) is 36.3 Å². The Morgan fingerprint density at radius 2 is 1.46 bits per heavy atom. The lowest BCUT2D eigenvalue weighted by molar-refractivity contribution is -0.137. The molecule has 2 aromatic carbocycles. The molecule has 3 amide bonds. The highest BCUT2D eigenvalue weighted by Gasteiger charge is 2.42. The highest BCUT2D eigenvalue weighted by Crippen LogP contribution is 2.25. The van der Waals surface area contributed by atoms with Gasteiger partial charge in [-0.25, -0.2) is 9.59 Å². The summed E-state index contributed by atoms with van der Waals surface area (Å²) in [5.74, 6) is -0.300. The first-order valence-electron chi connectivity index (χ1n) is 14.5. The molecule has 3 atom stereocenters. The number of likely N-dealkylation sites (tertiary alicyclic amines) is 1. The van der Waals surface area contributed by atoms with Crippen LogP contribution in [0.25, 0.3) is 0 Å². The van der Waals surface area contributed by atoms with Crippen molar-refractivity contribution in [1.82, 2.24) is 15.5 Å². The Balaban J connectivity index is 1.45. The minimum absolute atomic E-state index is 0.0518. The molecule has 2 N–H and O–H groups in total. The largest absolute Gasteiger partial charge is 0.445 e. The molecule has 9 nitrogen and oxygen atoms in total. The number of alkyl carbamates (subject to hydrolysis) is 2. The van der Waals surface area contributed by atoms with Crippen molar-refractivity contribution in [2.24, 2.45) is 11.8 Å². The van der Waals surface area contributed by atoms with Gasteiger partial charge in [-0.2, -0.15) is 0 Å². The first-order valence-corrected chi connectivity index (χ1v) is 14.5. The van der Waals surface area contributed by atoms with Crippen molar-refractivity contribution in [3.63, 3.8) is 0 Å². The van der Waals surface area contributed by atoms with E-state index in [1.807, 2.05) is 81.4 Å². The first kappa shape index (κ1) is 31.6. The van der Waals surface area contributed by atoms with Crippen LogP contribution < -0.4 is 10.6 Å². The van der Waals surface area contributed by atoms with Gasteiger partial charge in [0.25, 0.3) is 0 Å². The summed E-state index contributed by atoms with van der Waals surface area (Å²) in [6.45, 7) is 6.94. The Bertz CT molecular complexity index is 1120. The fourth-order valence-electron chi connectivity index (χ4n) is 4.94. The van der Waals surface area contributed by atoms with Gasteiger partial charge in [0, 0.05) is 19.0 Å². The second-order valence-electron chi connectivity index (χ2n) is 11.0. The molecule has 41 heavy (non-hydrogen) atoms. The summed E-state index contributed by atoms with van der Waals surface area (Å²) < 4.78 is 10.6. The van der Waals surface area contributed by atoms with Gasteiger partial charge in [-0.15, -0.1) is 0 Å². The predicted molar refractivity (Wildman–Crippen MR) is 156 cm³/mol. The van der Waals surface area contributed by atoms with Crippen molar-refractivity contribution in [3.8, 4) is 0 Å². The number of amides is 3. The number of rotatable bonds is 14. The molecular formula is C32H43N3O6. The van der Waals surface area contributed by atoms with E-state index in [-0.39, 0.29) is 36.7 Å². The van der Waals surface area contributed by atoms with E-state index in [4.69, 9.17) is 9.47 Å². The van der Waals surface area contributed by atoms with Gasteiger partial charge < -0.3 is 25.0 Å². The fourth-order valence-corrected chi connectivity index (χ4v) is 4.94. The molecule has 1 heterocycles. The van der Waals surface area contributed by atoms with E-state index >= 15 is 0 Å². The van der Waals surface area contributed by atoms with E-state index < -0.39 is 24.3 Å². The van der Waals surface area contributed by atoms with Crippen molar-refractivity contribution in [1.29, 1.82) is 0 Å². The molecule has 0 spiro atoms. The predicted octanol–water partition coefficient (Wildman–Crippen LogP) is 5.23. The van der Waals surface area contributed by atoms with Gasteiger partial charge >= 0.3 is 12.2 Å². The molecule has 0 aromatic heterocycles. The minimum atomic E-state index is -0.773. The molecule has 0 radical (unpaired) electrons. The Labute approximate surface area is 243 Å². The van der Waals surface area contributed by atoms with Gasteiger partial charge in [0.05, 0.1) is 6.04 Å². The molecule has 222 valence electrons. The monoisotopic (exact) mass is 565 g/mol. The third kappa shape index (κ3) is 10.6. The molecule has 0 bridgehead atoms.